The minimum atomic E-state index is 0.494. The molecule has 1 radical (unpaired) electrons. The van der Waals surface area contributed by atoms with Gasteiger partial charge in [0.25, 0.3) is 0 Å². The summed E-state index contributed by atoms with van der Waals surface area (Å²) in [6.07, 6.45) is 7.27. The average Bonchev–Trinajstić information content (AvgIpc) is 1.81. The zero-order valence-corrected chi connectivity index (χ0v) is 5.13. The smallest absolute Gasteiger partial charge is 0.0874 e. The summed E-state index contributed by atoms with van der Waals surface area (Å²) in [6, 6.07) is 0. The fourth-order valence-electron chi connectivity index (χ4n) is 0.280. The third-order valence-corrected chi connectivity index (χ3v) is 0.596. The van der Waals surface area contributed by atoms with Crippen molar-refractivity contribution in [2.45, 2.75) is 6.92 Å². The van der Waals surface area contributed by atoms with Crippen molar-refractivity contribution in [3.8, 4) is 0 Å². The third-order valence-electron chi connectivity index (χ3n) is 0.596. The summed E-state index contributed by atoms with van der Waals surface area (Å²) in [5, 5.41) is 0. The van der Waals surface area contributed by atoms with Crippen molar-refractivity contribution < 1.29 is 4.74 Å². The van der Waals surface area contributed by atoms with Gasteiger partial charge < -0.3 is 4.74 Å². The van der Waals surface area contributed by atoms with E-state index >= 15 is 0 Å². The van der Waals surface area contributed by atoms with E-state index in [0.29, 0.717) is 6.61 Å². The maximum Gasteiger partial charge on any atom is 0.0874 e. The van der Waals surface area contributed by atoms with Gasteiger partial charge in [-0.2, -0.15) is 0 Å². The summed E-state index contributed by atoms with van der Waals surface area (Å²) >= 11 is 0. The summed E-state index contributed by atoms with van der Waals surface area (Å²) in [6.45, 7) is 5.93. The lowest BCUT2D eigenvalue weighted by molar-refractivity contribution is 0.288. The van der Waals surface area contributed by atoms with Gasteiger partial charge in [0.2, 0.25) is 0 Å². The van der Waals surface area contributed by atoms with Gasteiger partial charge in [0, 0.05) is 0 Å². The fourth-order valence-corrected chi connectivity index (χ4v) is 0.280. The minimum absolute atomic E-state index is 0.494. The Morgan fingerprint density at radius 3 is 2.75 bits per heavy atom. The number of allylic oxidation sites excluding steroid dienone is 3. The second-order valence-electron chi connectivity index (χ2n) is 1.23. The molecule has 0 saturated carbocycles. The maximum absolute atomic E-state index is 4.79. The van der Waals surface area contributed by atoms with Crippen LogP contribution in [0.3, 0.4) is 0 Å². The highest BCUT2D eigenvalue weighted by molar-refractivity contribution is 4.97. The molecule has 0 aliphatic heterocycles. The summed E-state index contributed by atoms with van der Waals surface area (Å²) in [4.78, 5) is 0. The molecule has 0 rings (SSSR count). The molecule has 0 heterocycles. The highest BCUT2D eigenvalue weighted by Crippen LogP contribution is 1.77. The molecule has 0 fully saturated rings. The molecule has 0 N–H and O–H groups in total. The van der Waals surface area contributed by atoms with Crippen molar-refractivity contribution in [3.63, 3.8) is 0 Å². The zero-order valence-electron chi connectivity index (χ0n) is 5.13. The summed E-state index contributed by atoms with van der Waals surface area (Å²) < 4.78 is 4.79. The quantitative estimate of drug-likeness (QED) is 0.399. The Hall–Kier alpha value is -0.720. The largest absolute Gasteiger partial charge is 0.501 e. The van der Waals surface area contributed by atoms with Crippen molar-refractivity contribution in [2.75, 3.05) is 6.61 Å². The predicted molar refractivity (Wildman–Crippen MR) is 35.3 cm³/mol. The molecule has 45 valence electrons. The summed E-state index contributed by atoms with van der Waals surface area (Å²) in [5.41, 5.74) is 0. The molecule has 0 aromatic heterocycles. The van der Waals surface area contributed by atoms with Crippen molar-refractivity contribution >= 4 is 0 Å². The Morgan fingerprint density at radius 1 is 1.50 bits per heavy atom. The van der Waals surface area contributed by atoms with E-state index in [1.807, 2.05) is 25.2 Å². The molecule has 0 aromatic rings. The molecule has 1 nitrogen and oxygen atoms in total. The lowest BCUT2D eigenvalue weighted by atomic mass is 10.5. The van der Waals surface area contributed by atoms with Crippen LogP contribution < -0.4 is 0 Å². The lowest BCUT2D eigenvalue weighted by Crippen LogP contribution is -1.74. The Kier molecular flexibility index (Phi) is 5.71. The van der Waals surface area contributed by atoms with Gasteiger partial charge in [0.15, 0.2) is 0 Å². The number of ether oxygens (including phenoxy) is 1. The molecular formula is C7H11O. The summed E-state index contributed by atoms with van der Waals surface area (Å²) in [5.74, 6) is 0. The molecule has 0 aliphatic rings. The highest BCUT2D eigenvalue weighted by atomic mass is 16.5. The van der Waals surface area contributed by atoms with Gasteiger partial charge in [-0.1, -0.05) is 12.2 Å². The van der Waals surface area contributed by atoms with Crippen LogP contribution in [0.1, 0.15) is 6.92 Å². The monoisotopic (exact) mass is 111 g/mol. The first-order valence-electron chi connectivity index (χ1n) is 2.60. The number of rotatable bonds is 3. The lowest BCUT2D eigenvalue weighted by Gasteiger charge is -1.87. The molecule has 8 heavy (non-hydrogen) atoms. The van der Waals surface area contributed by atoms with E-state index in [0.717, 1.165) is 0 Å². The van der Waals surface area contributed by atoms with Gasteiger partial charge in [-0.15, -0.1) is 0 Å². The zero-order chi connectivity index (χ0) is 6.24. The van der Waals surface area contributed by atoms with Crippen LogP contribution in [-0.4, -0.2) is 6.61 Å². The van der Waals surface area contributed by atoms with E-state index in [2.05, 4.69) is 6.92 Å². The molecule has 0 atom stereocenters. The first kappa shape index (κ1) is 7.28. The van der Waals surface area contributed by atoms with Crippen molar-refractivity contribution in [1.29, 1.82) is 0 Å². The van der Waals surface area contributed by atoms with Crippen LogP contribution in [0.4, 0.5) is 0 Å². The van der Waals surface area contributed by atoms with Gasteiger partial charge in [0.1, 0.15) is 0 Å². The van der Waals surface area contributed by atoms with Crippen LogP contribution in [0, 0.1) is 6.92 Å². The standard InChI is InChI=1S/C7H11O/c1-3-5-6-7-8-4-2/h3,5-7H,2,4H2,1H3/b5-3+,7-6+. The third kappa shape index (κ3) is 5.28. The minimum Gasteiger partial charge on any atom is -0.501 e. The molecule has 0 aromatic carbocycles. The predicted octanol–water partition coefficient (Wildman–Crippen LogP) is 1.93. The molecule has 0 spiro atoms. The molecular weight excluding hydrogens is 100 g/mol. The van der Waals surface area contributed by atoms with Gasteiger partial charge >= 0.3 is 0 Å². The van der Waals surface area contributed by atoms with E-state index in [1.54, 1.807) is 6.26 Å². The van der Waals surface area contributed by atoms with Crippen LogP contribution >= 0.6 is 0 Å². The van der Waals surface area contributed by atoms with Crippen LogP contribution in [0.25, 0.3) is 0 Å². The van der Waals surface area contributed by atoms with Gasteiger partial charge in [-0.25, -0.2) is 0 Å². The van der Waals surface area contributed by atoms with E-state index in [-0.39, 0.29) is 0 Å². The topological polar surface area (TPSA) is 9.23 Å². The van der Waals surface area contributed by atoms with Crippen LogP contribution in [0.2, 0.25) is 0 Å². The van der Waals surface area contributed by atoms with Crippen molar-refractivity contribution in [1.82, 2.24) is 0 Å². The Labute approximate surface area is 50.7 Å². The van der Waals surface area contributed by atoms with Crippen molar-refractivity contribution in [2.24, 2.45) is 0 Å². The van der Waals surface area contributed by atoms with Gasteiger partial charge in [-0.05, 0) is 19.9 Å². The van der Waals surface area contributed by atoms with Crippen molar-refractivity contribution in [3.05, 3.63) is 31.4 Å². The normalized spacial score (nSPS) is 11.2. The SMILES string of the molecule is [CH2]CO/C=C/C=C/C. The highest BCUT2D eigenvalue weighted by Gasteiger charge is 1.63. The Balaban J connectivity index is 3.07. The first-order valence-corrected chi connectivity index (χ1v) is 2.60. The molecule has 1 heteroatoms. The second kappa shape index (κ2) is 6.28. The Morgan fingerprint density at radius 2 is 2.25 bits per heavy atom. The summed E-state index contributed by atoms with van der Waals surface area (Å²) in [7, 11) is 0. The average molecular weight is 111 g/mol. The van der Waals surface area contributed by atoms with Gasteiger partial charge in [0.05, 0.1) is 12.9 Å². The van der Waals surface area contributed by atoms with Crippen LogP contribution in [0.5, 0.6) is 0 Å². The maximum atomic E-state index is 4.79. The molecule has 0 aliphatic carbocycles. The van der Waals surface area contributed by atoms with E-state index in [9.17, 15) is 0 Å². The number of hydrogen-bond donors (Lipinski definition) is 0. The molecule has 0 saturated heterocycles. The van der Waals surface area contributed by atoms with E-state index in [1.165, 1.54) is 0 Å². The van der Waals surface area contributed by atoms with Crippen LogP contribution in [-0.2, 0) is 4.74 Å². The second-order valence-corrected chi connectivity index (χ2v) is 1.23. The molecule has 0 amide bonds. The number of hydrogen-bond acceptors (Lipinski definition) is 1. The van der Waals surface area contributed by atoms with E-state index < -0.39 is 0 Å². The molecule has 0 bridgehead atoms. The first-order chi connectivity index (χ1) is 3.91. The van der Waals surface area contributed by atoms with Crippen LogP contribution in [0.15, 0.2) is 24.5 Å². The Bertz CT molecular complexity index is 82.4. The van der Waals surface area contributed by atoms with E-state index in [4.69, 9.17) is 4.74 Å². The fraction of sp³-hybridized carbons (Fsp3) is 0.286. The molecule has 0 unspecified atom stereocenters. The van der Waals surface area contributed by atoms with Gasteiger partial charge in [-0.3, -0.25) is 0 Å².